The highest BCUT2D eigenvalue weighted by atomic mass is 79.9. The minimum absolute atomic E-state index is 0.0220. The van der Waals surface area contributed by atoms with E-state index in [1.165, 1.54) is 24.3 Å². The van der Waals surface area contributed by atoms with Gasteiger partial charge in [-0.15, -0.1) is 0 Å². The summed E-state index contributed by atoms with van der Waals surface area (Å²) in [7, 11) is 0. The zero-order valence-corrected chi connectivity index (χ0v) is 16.6. The third-order valence-corrected chi connectivity index (χ3v) is 4.67. The summed E-state index contributed by atoms with van der Waals surface area (Å²) in [5.41, 5.74) is 0.430. The molecule has 1 aliphatic heterocycles. The highest BCUT2D eigenvalue weighted by molar-refractivity contribution is 9.10. The number of hydrogen-bond donors (Lipinski definition) is 1. The summed E-state index contributed by atoms with van der Waals surface area (Å²) in [6.45, 7) is 2.38. The van der Waals surface area contributed by atoms with Crippen LogP contribution in [0.15, 0.2) is 52.5 Å². The van der Waals surface area contributed by atoms with Crippen molar-refractivity contribution in [2.24, 2.45) is 0 Å². The van der Waals surface area contributed by atoms with Crippen LogP contribution in [0.4, 0.5) is 10.1 Å². The minimum atomic E-state index is -0.696. The van der Waals surface area contributed by atoms with E-state index >= 15 is 0 Å². The van der Waals surface area contributed by atoms with Crippen LogP contribution in [-0.4, -0.2) is 23.5 Å². The van der Waals surface area contributed by atoms with Gasteiger partial charge in [-0.3, -0.25) is 14.9 Å². The van der Waals surface area contributed by atoms with Gasteiger partial charge in [-0.25, -0.2) is 9.29 Å². The van der Waals surface area contributed by atoms with Crippen LogP contribution in [0.1, 0.15) is 12.5 Å². The minimum Gasteiger partial charge on any atom is -0.493 e. The number of benzene rings is 2. The fraction of sp³-hybridized carbons (Fsp3) is 0.105. The highest BCUT2D eigenvalue weighted by Gasteiger charge is 2.35. The van der Waals surface area contributed by atoms with Crippen molar-refractivity contribution >= 4 is 56.8 Å². The normalized spacial score (nSPS) is 15.9. The number of amides is 2. The molecule has 0 unspecified atom stereocenters. The van der Waals surface area contributed by atoms with E-state index < -0.39 is 17.6 Å². The number of nitrogens with zero attached hydrogens (tertiary/aromatic N) is 1. The van der Waals surface area contributed by atoms with Gasteiger partial charge in [0.25, 0.3) is 11.8 Å². The Balaban J connectivity index is 2.00. The van der Waals surface area contributed by atoms with Crippen LogP contribution >= 0.6 is 28.1 Å². The molecule has 1 heterocycles. The number of ether oxygens (including phenoxy) is 1. The molecule has 2 aromatic carbocycles. The summed E-state index contributed by atoms with van der Waals surface area (Å²) >= 11 is 8.45. The molecule has 0 aromatic heterocycles. The van der Waals surface area contributed by atoms with E-state index in [0.29, 0.717) is 22.4 Å². The molecule has 8 heteroatoms. The largest absolute Gasteiger partial charge is 0.493 e. The maximum absolute atomic E-state index is 14.1. The third-order valence-electron chi connectivity index (χ3n) is 3.76. The fourth-order valence-electron chi connectivity index (χ4n) is 2.56. The van der Waals surface area contributed by atoms with Gasteiger partial charge in [-0.1, -0.05) is 18.2 Å². The first-order valence-corrected chi connectivity index (χ1v) is 9.21. The number of carbonyl (C=O) groups is 2. The van der Waals surface area contributed by atoms with Gasteiger partial charge in [0.05, 0.1) is 16.8 Å². The van der Waals surface area contributed by atoms with Crippen molar-refractivity contribution < 1.29 is 18.7 Å². The van der Waals surface area contributed by atoms with Crippen LogP contribution in [0.3, 0.4) is 0 Å². The quantitative estimate of drug-likeness (QED) is 0.438. The molecule has 0 atom stereocenters. The Hall–Kier alpha value is -2.58. The predicted molar refractivity (Wildman–Crippen MR) is 108 cm³/mol. The Morgan fingerprint density at radius 2 is 2.00 bits per heavy atom. The molecule has 0 spiro atoms. The smallest absolute Gasteiger partial charge is 0.270 e. The number of anilines is 1. The molecular weight excluding hydrogens is 435 g/mol. The van der Waals surface area contributed by atoms with Crippen molar-refractivity contribution in [1.82, 2.24) is 5.32 Å². The molecule has 1 N–H and O–H groups in total. The van der Waals surface area contributed by atoms with E-state index in [1.54, 1.807) is 24.3 Å². The van der Waals surface area contributed by atoms with Crippen LogP contribution in [-0.2, 0) is 9.59 Å². The van der Waals surface area contributed by atoms with Gasteiger partial charge < -0.3 is 4.74 Å². The summed E-state index contributed by atoms with van der Waals surface area (Å²) in [6, 6.07) is 10.9. The Morgan fingerprint density at radius 3 is 2.67 bits per heavy atom. The monoisotopic (exact) mass is 448 g/mol. The molecule has 1 saturated heterocycles. The maximum Gasteiger partial charge on any atom is 0.270 e. The molecule has 0 bridgehead atoms. The van der Waals surface area contributed by atoms with E-state index in [1.807, 2.05) is 6.92 Å². The van der Waals surface area contributed by atoms with Crippen LogP contribution in [0, 0.1) is 5.82 Å². The lowest BCUT2D eigenvalue weighted by molar-refractivity contribution is -0.122. The fourth-order valence-corrected chi connectivity index (χ4v) is 3.34. The lowest BCUT2D eigenvalue weighted by atomic mass is 10.1. The summed E-state index contributed by atoms with van der Waals surface area (Å²) in [6.07, 6.45) is 1.42. The molecule has 0 saturated carbocycles. The number of halogens is 2. The predicted octanol–water partition coefficient (Wildman–Crippen LogP) is 3.82. The molecule has 3 rings (SSSR count). The molecule has 2 amide bonds. The molecule has 138 valence electrons. The number of rotatable bonds is 4. The van der Waals surface area contributed by atoms with Crippen LogP contribution < -0.4 is 15.0 Å². The topological polar surface area (TPSA) is 58.6 Å². The first-order chi connectivity index (χ1) is 12.9. The average molecular weight is 449 g/mol. The van der Waals surface area contributed by atoms with Crippen LogP contribution in [0.2, 0.25) is 0 Å². The van der Waals surface area contributed by atoms with Gasteiger partial charge in [-0.05, 0) is 71.0 Å². The van der Waals surface area contributed by atoms with E-state index in [0.717, 1.165) is 4.90 Å². The molecule has 2 aromatic rings. The summed E-state index contributed by atoms with van der Waals surface area (Å²) in [4.78, 5) is 26.1. The van der Waals surface area contributed by atoms with Crippen molar-refractivity contribution in [2.45, 2.75) is 6.92 Å². The van der Waals surface area contributed by atoms with Gasteiger partial charge in [0.1, 0.15) is 17.1 Å². The standard InChI is InChI=1S/C19H14BrFN2O3S/c1-2-26-16-8-7-11(10-13(16)20)9-12-17(24)22-19(27)23(18(12)25)15-6-4-3-5-14(15)21/h3-10H,2H2,1H3,(H,22,24,27)/b12-9+. The van der Waals surface area contributed by atoms with E-state index in [2.05, 4.69) is 21.2 Å². The molecule has 0 aliphatic carbocycles. The Labute approximate surface area is 168 Å². The van der Waals surface area contributed by atoms with Crippen molar-refractivity contribution in [3.63, 3.8) is 0 Å². The van der Waals surface area contributed by atoms with Crippen molar-refractivity contribution in [3.8, 4) is 5.75 Å². The number of thiocarbonyl (C=S) groups is 1. The first kappa shape index (κ1) is 19.2. The third kappa shape index (κ3) is 3.91. The van der Waals surface area contributed by atoms with Crippen molar-refractivity contribution in [2.75, 3.05) is 11.5 Å². The van der Waals surface area contributed by atoms with Crippen molar-refractivity contribution in [1.29, 1.82) is 0 Å². The summed E-state index contributed by atoms with van der Waals surface area (Å²) < 4.78 is 20.3. The number of para-hydroxylation sites is 1. The molecule has 0 radical (unpaired) electrons. The Morgan fingerprint density at radius 1 is 1.26 bits per heavy atom. The van der Waals surface area contributed by atoms with Gasteiger partial charge in [0.2, 0.25) is 0 Å². The molecule has 5 nitrogen and oxygen atoms in total. The Kier molecular flexibility index (Phi) is 5.67. The highest BCUT2D eigenvalue weighted by Crippen LogP contribution is 2.28. The zero-order valence-electron chi connectivity index (χ0n) is 14.2. The molecule has 1 aliphatic rings. The van der Waals surface area contributed by atoms with Crippen molar-refractivity contribution in [3.05, 3.63) is 63.9 Å². The van der Waals surface area contributed by atoms with Crippen LogP contribution in [0.5, 0.6) is 5.75 Å². The van der Waals surface area contributed by atoms with Gasteiger partial charge in [-0.2, -0.15) is 0 Å². The zero-order chi connectivity index (χ0) is 19.6. The SMILES string of the molecule is CCOc1ccc(/C=C2\C(=O)NC(=S)N(c3ccccc3F)C2=O)cc1Br. The second-order valence-electron chi connectivity index (χ2n) is 5.53. The van der Waals surface area contributed by atoms with Crippen LogP contribution in [0.25, 0.3) is 6.08 Å². The van der Waals surface area contributed by atoms with E-state index in [-0.39, 0.29) is 16.4 Å². The lowest BCUT2D eigenvalue weighted by Gasteiger charge is -2.29. The molecule has 1 fully saturated rings. The van der Waals surface area contributed by atoms with Gasteiger partial charge in [0, 0.05) is 0 Å². The van der Waals surface area contributed by atoms with Gasteiger partial charge in [0.15, 0.2) is 5.11 Å². The summed E-state index contributed by atoms with van der Waals surface area (Å²) in [5.74, 6) is -1.30. The first-order valence-electron chi connectivity index (χ1n) is 8.00. The number of nitrogens with one attached hydrogen (secondary N) is 1. The summed E-state index contributed by atoms with van der Waals surface area (Å²) in [5, 5.41) is 2.26. The number of hydrogen-bond acceptors (Lipinski definition) is 4. The van der Waals surface area contributed by atoms with E-state index in [4.69, 9.17) is 17.0 Å². The molecule has 27 heavy (non-hydrogen) atoms. The lowest BCUT2D eigenvalue weighted by Crippen LogP contribution is -2.54. The second-order valence-corrected chi connectivity index (χ2v) is 6.77. The van der Waals surface area contributed by atoms with Gasteiger partial charge >= 0.3 is 0 Å². The Bertz CT molecular complexity index is 977. The van der Waals surface area contributed by atoms with E-state index in [9.17, 15) is 14.0 Å². The molecular formula is C19H14BrFN2O3S. The maximum atomic E-state index is 14.1. The number of carbonyl (C=O) groups excluding carboxylic acids is 2. The second kappa shape index (κ2) is 7.98. The average Bonchev–Trinajstić information content (AvgIpc) is 2.62.